The fraction of sp³-hybridized carbons (Fsp3) is 0.579. The van der Waals surface area contributed by atoms with Gasteiger partial charge in [0.25, 0.3) is 0 Å². The number of anilines is 1. The lowest BCUT2D eigenvalue weighted by atomic mass is 9.91. The Balaban J connectivity index is 1.15. The predicted octanol–water partition coefficient (Wildman–Crippen LogP) is 4.41. The minimum Gasteiger partial charge on any atom is -0.464 e. The van der Waals surface area contributed by atoms with E-state index < -0.39 is 17.9 Å². The number of piperidine rings is 2. The minimum atomic E-state index is -0.725. The summed E-state index contributed by atoms with van der Waals surface area (Å²) in [5.41, 5.74) is 3.76. The molecule has 11 nitrogen and oxygen atoms in total. The Kier molecular flexibility index (Phi) is 11.7. The van der Waals surface area contributed by atoms with E-state index in [0.717, 1.165) is 48.3 Å². The number of hydrogen-bond acceptors (Lipinski definition) is 7. The third-order valence-electron chi connectivity index (χ3n) is 11.1. The number of fused-ring (bicyclic) bond motifs is 1. The van der Waals surface area contributed by atoms with Crippen LogP contribution in [0.5, 0.6) is 0 Å². The number of carbonyl (C=O) groups is 4. The molecule has 270 valence electrons. The number of para-hydroxylation sites is 1. The Bertz CT molecular complexity index is 1560. The molecule has 2 unspecified atom stereocenters. The Morgan fingerprint density at radius 3 is 2.40 bits per heavy atom. The standard InChI is InChI=1S/C38H51ClN6O5/c1-4-50-37(48)34-25-43(30-11-15-41(3)16-12-30)19-20-44(34)36(47)29(22-27-9-10-32(39)26(2)21-27)23-35(46)42-17-13-31(14-18-42)45-24-28-7-5-6-8-33(28)40-38(45)49/h5-10,21,29-31,34H,4,11-20,22-25H2,1-3H3,(H,40,49). The number of urea groups is 1. The number of nitrogens with one attached hydrogen (secondary N) is 1. The molecule has 0 bridgehead atoms. The van der Waals surface area contributed by atoms with Crippen LogP contribution in [0.3, 0.4) is 0 Å². The zero-order valence-electron chi connectivity index (χ0n) is 29.6. The van der Waals surface area contributed by atoms with Gasteiger partial charge in [-0.05, 0) is 94.9 Å². The molecule has 4 amide bonds. The number of benzene rings is 2. The number of rotatable bonds is 9. The van der Waals surface area contributed by atoms with E-state index in [0.29, 0.717) is 69.6 Å². The highest BCUT2D eigenvalue weighted by Gasteiger charge is 2.42. The fourth-order valence-corrected chi connectivity index (χ4v) is 8.20. The topological polar surface area (TPSA) is 106 Å². The molecular weight excluding hydrogens is 656 g/mol. The first kappa shape index (κ1) is 36.1. The zero-order chi connectivity index (χ0) is 35.4. The summed E-state index contributed by atoms with van der Waals surface area (Å²) in [4.78, 5) is 64.9. The highest BCUT2D eigenvalue weighted by atomic mass is 35.5. The average Bonchev–Trinajstić information content (AvgIpc) is 3.12. The summed E-state index contributed by atoms with van der Waals surface area (Å²) < 4.78 is 5.51. The summed E-state index contributed by atoms with van der Waals surface area (Å²) in [5, 5.41) is 3.65. The van der Waals surface area contributed by atoms with Crippen LogP contribution in [0, 0.1) is 12.8 Å². The maximum atomic E-state index is 14.6. The largest absolute Gasteiger partial charge is 0.464 e. The summed E-state index contributed by atoms with van der Waals surface area (Å²) in [6.45, 7) is 9.05. The van der Waals surface area contributed by atoms with Gasteiger partial charge in [0, 0.05) is 68.5 Å². The number of carbonyl (C=O) groups excluding carboxylic acids is 4. The molecular formula is C38H51ClN6O5. The average molecular weight is 707 g/mol. The van der Waals surface area contributed by atoms with Gasteiger partial charge in [-0.1, -0.05) is 41.9 Å². The maximum absolute atomic E-state index is 14.6. The van der Waals surface area contributed by atoms with Crippen molar-refractivity contribution in [3.05, 3.63) is 64.2 Å². The van der Waals surface area contributed by atoms with E-state index in [1.165, 1.54) is 0 Å². The van der Waals surface area contributed by atoms with Crippen LogP contribution in [0.2, 0.25) is 5.02 Å². The van der Waals surface area contributed by atoms with Crippen molar-refractivity contribution >= 4 is 41.1 Å². The molecule has 3 saturated heterocycles. The van der Waals surface area contributed by atoms with Gasteiger partial charge < -0.3 is 29.7 Å². The van der Waals surface area contributed by atoms with Crippen molar-refractivity contribution in [1.29, 1.82) is 0 Å². The Labute approximate surface area is 300 Å². The Hall–Kier alpha value is -3.67. The first-order valence-electron chi connectivity index (χ1n) is 18.2. The molecule has 50 heavy (non-hydrogen) atoms. The molecule has 1 N–H and O–H groups in total. The second-order valence-electron chi connectivity index (χ2n) is 14.3. The monoisotopic (exact) mass is 706 g/mol. The summed E-state index contributed by atoms with van der Waals surface area (Å²) in [6, 6.07) is 13.1. The number of ether oxygens (including phenoxy) is 1. The van der Waals surface area contributed by atoms with Gasteiger partial charge in [0.2, 0.25) is 11.8 Å². The van der Waals surface area contributed by atoms with Crippen LogP contribution in [-0.4, -0.2) is 126 Å². The predicted molar refractivity (Wildman–Crippen MR) is 193 cm³/mol. The second kappa shape index (κ2) is 16.1. The highest BCUT2D eigenvalue weighted by molar-refractivity contribution is 6.31. The van der Waals surface area contributed by atoms with Crippen LogP contribution >= 0.6 is 11.6 Å². The summed E-state index contributed by atoms with van der Waals surface area (Å²) in [6.07, 6.45) is 3.78. The molecule has 4 aliphatic rings. The second-order valence-corrected chi connectivity index (χ2v) is 14.8. The van der Waals surface area contributed by atoms with Crippen LogP contribution in [0.25, 0.3) is 0 Å². The summed E-state index contributed by atoms with van der Waals surface area (Å²) in [7, 11) is 2.13. The van der Waals surface area contributed by atoms with Gasteiger partial charge in [0.1, 0.15) is 6.04 Å². The molecule has 2 atom stereocenters. The molecule has 3 fully saturated rings. The maximum Gasteiger partial charge on any atom is 0.330 e. The number of amides is 4. The summed E-state index contributed by atoms with van der Waals surface area (Å²) >= 11 is 6.34. The molecule has 12 heteroatoms. The molecule has 4 aliphatic heterocycles. The first-order valence-corrected chi connectivity index (χ1v) is 18.6. The lowest BCUT2D eigenvalue weighted by Gasteiger charge is -2.46. The quantitative estimate of drug-likeness (QED) is 0.386. The highest BCUT2D eigenvalue weighted by Crippen LogP contribution is 2.30. The molecule has 2 aromatic carbocycles. The molecule has 6 rings (SSSR count). The van der Waals surface area contributed by atoms with Gasteiger partial charge in [-0.25, -0.2) is 9.59 Å². The molecule has 0 spiro atoms. The number of likely N-dealkylation sites (tertiary alicyclic amines) is 2. The smallest absolute Gasteiger partial charge is 0.330 e. The first-order chi connectivity index (χ1) is 24.1. The van der Waals surface area contributed by atoms with Gasteiger partial charge in [0.15, 0.2) is 0 Å². The van der Waals surface area contributed by atoms with Crippen LogP contribution in [0.15, 0.2) is 42.5 Å². The number of piperazine rings is 1. The minimum absolute atomic E-state index is 0.0214. The van der Waals surface area contributed by atoms with E-state index in [1.807, 2.05) is 59.2 Å². The number of esters is 1. The van der Waals surface area contributed by atoms with Crippen LogP contribution in [0.1, 0.15) is 55.7 Å². The third kappa shape index (κ3) is 8.27. The van der Waals surface area contributed by atoms with Crippen LogP contribution in [0.4, 0.5) is 10.5 Å². The van der Waals surface area contributed by atoms with E-state index in [2.05, 4.69) is 22.2 Å². The third-order valence-corrected chi connectivity index (χ3v) is 11.5. The number of hydrogen-bond donors (Lipinski definition) is 1. The van der Waals surface area contributed by atoms with Crippen molar-refractivity contribution in [2.45, 2.75) is 77.0 Å². The lowest BCUT2D eigenvalue weighted by Crippen LogP contribution is -2.62. The van der Waals surface area contributed by atoms with Gasteiger partial charge in [-0.15, -0.1) is 0 Å². The normalized spacial score (nSPS) is 21.8. The van der Waals surface area contributed by atoms with Crippen molar-refractivity contribution in [1.82, 2.24) is 24.5 Å². The van der Waals surface area contributed by atoms with E-state index in [1.54, 1.807) is 11.8 Å². The van der Waals surface area contributed by atoms with E-state index in [9.17, 15) is 19.2 Å². The van der Waals surface area contributed by atoms with Crippen LogP contribution < -0.4 is 5.32 Å². The summed E-state index contributed by atoms with van der Waals surface area (Å²) in [5.74, 6) is -1.32. The van der Waals surface area contributed by atoms with Crippen molar-refractivity contribution in [3.63, 3.8) is 0 Å². The Morgan fingerprint density at radius 1 is 0.960 bits per heavy atom. The number of nitrogens with zero attached hydrogens (tertiary/aromatic N) is 5. The molecule has 0 aliphatic carbocycles. The van der Waals surface area contributed by atoms with Crippen molar-refractivity contribution in [2.24, 2.45) is 5.92 Å². The number of halogens is 1. The van der Waals surface area contributed by atoms with Gasteiger partial charge >= 0.3 is 12.0 Å². The van der Waals surface area contributed by atoms with E-state index in [-0.39, 0.29) is 36.9 Å². The van der Waals surface area contributed by atoms with Gasteiger partial charge in [0.05, 0.1) is 12.5 Å². The van der Waals surface area contributed by atoms with Crippen LogP contribution in [-0.2, 0) is 32.1 Å². The van der Waals surface area contributed by atoms with Crippen molar-refractivity contribution in [3.8, 4) is 0 Å². The van der Waals surface area contributed by atoms with Gasteiger partial charge in [-0.3, -0.25) is 14.5 Å². The van der Waals surface area contributed by atoms with Crippen molar-refractivity contribution < 1.29 is 23.9 Å². The lowest BCUT2D eigenvalue weighted by molar-refractivity contribution is -0.161. The molecule has 0 aromatic heterocycles. The number of aryl methyl sites for hydroxylation is 1. The Morgan fingerprint density at radius 2 is 1.68 bits per heavy atom. The molecule has 0 radical (unpaired) electrons. The molecule has 4 heterocycles. The SMILES string of the molecule is CCOC(=O)C1CN(C2CCN(C)CC2)CCN1C(=O)C(CC(=O)N1CCC(N2Cc3ccccc3NC2=O)CC1)Cc1ccc(Cl)c(C)c1. The van der Waals surface area contributed by atoms with E-state index >= 15 is 0 Å². The molecule has 2 aromatic rings. The van der Waals surface area contributed by atoms with E-state index in [4.69, 9.17) is 16.3 Å². The molecule has 0 saturated carbocycles. The van der Waals surface area contributed by atoms with Gasteiger partial charge in [-0.2, -0.15) is 0 Å². The fourth-order valence-electron chi connectivity index (χ4n) is 8.08. The van der Waals surface area contributed by atoms with Crippen molar-refractivity contribution in [2.75, 3.05) is 64.8 Å². The zero-order valence-corrected chi connectivity index (χ0v) is 30.4.